The fourth-order valence-corrected chi connectivity index (χ4v) is 0.554. The Kier molecular flexibility index (Phi) is 1.45. The number of rotatable bonds is 0. The summed E-state index contributed by atoms with van der Waals surface area (Å²) in [6.45, 7) is 0. The monoisotopic (exact) mass is 120 g/mol. The average Bonchev–Trinajstić information content (AvgIpc) is 1.85. The van der Waals surface area contributed by atoms with Gasteiger partial charge < -0.3 is 15.3 Å². The van der Waals surface area contributed by atoms with Crippen LogP contribution in [0.2, 0.25) is 0 Å². The Labute approximate surface area is 45.9 Å². The van der Waals surface area contributed by atoms with Gasteiger partial charge in [0.05, 0.1) is 0 Å². The quantitative estimate of drug-likeness (QED) is 0.237. The Morgan fingerprint density at radius 1 is 0.875 bits per heavy atom. The predicted octanol–water partition coefficient (Wildman–Crippen LogP) is -2.91. The van der Waals surface area contributed by atoms with Crippen LogP contribution in [0.3, 0.4) is 0 Å². The fourth-order valence-electron chi connectivity index (χ4n) is 0.554. The van der Waals surface area contributed by atoms with Gasteiger partial charge in [0.2, 0.25) is 0 Å². The van der Waals surface area contributed by atoms with Gasteiger partial charge in [0.1, 0.15) is 12.5 Å². The van der Waals surface area contributed by atoms with Crippen molar-refractivity contribution in [3.63, 3.8) is 0 Å². The summed E-state index contributed by atoms with van der Waals surface area (Å²) >= 11 is 0. The van der Waals surface area contributed by atoms with Crippen LogP contribution in [0.5, 0.6) is 0 Å². The van der Waals surface area contributed by atoms with Crippen molar-refractivity contribution in [2.24, 2.45) is 0 Å². The molecule has 1 saturated heterocycles. The molecule has 1 rings (SSSR count). The van der Waals surface area contributed by atoms with Crippen LogP contribution >= 0.6 is 0 Å². The molecule has 0 radical (unpaired) electrons. The van der Waals surface area contributed by atoms with Gasteiger partial charge in [-0.1, -0.05) is 0 Å². The largest absolute Gasteiger partial charge is 0.374 e. The van der Waals surface area contributed by atoms with E-state index in [2.05, 4.69) is 10.6 Å². The molecular formula is C3H8N2O3. The summed E-state index contributed by atoms with van der Waals surface area (Å²) < 4.78 is 0. The molecule has 0 aliphatic carbocycles. The van der Waals surface area contributed by atoms with E-state index in [0.717, 1.165) is 0 Å². The fraction of sp³-hybridized carbons (Fsp3) is 1.00. The number of aliphatic hydroxyl groups is 3. The zero-order chi connectivity index (χ0) is 6.15. The molecule has 0 bridgehead atoms. The predicted molar refractivity (Wildman–Crippen MR) is 24.3 cm³/mol. The van der Waals surface area contributed by atoms with Crippen LogP contribution in [0, 0.1) is 0 Å². The second-order valence-electron chi connectivity index (χ2n) is 1.63. The smallest absolute Gasteiger partial charge is 0.164 e. The SMILES string of the molecule is OC1N[C@H](O)[C@@H](O)N1. The Morgan fingerprint density at radius 2 is 1.25 bits per heavy atom. The summed E-state index contributed by atoms with van der Waals surface area (Å²) in [4.78, 5) is 0. The zero-order valence-corrected chi connectivity index (χ0v) is 4.07. The Balaban J connectivity index is 2.39. The molecule has 1 aliphatic rings. The lowest BCUT2D eigenvalue weighted by molar-refractivity contribution is 0.0215. The molecular weight excluding hydrogens is 112 g/mol. The van der Waals surface area contributed by atoms with Crippen LogP contribution in [-0.2, 0) is 0 Å². The highest BCUT2D eigenvalue weighted by Crippen LogP contribution is 1.94. The van der Waals surface area contributed by atoms with Crippen molar-refractivity contribution in [2.75, 3.05) is 0 Å². The number of hydrogen-bond donors (Lipinski definition) is 5. The molecule has 48 valence electrons. The molecule has 1 aliphatic heterocycles. The minimum absolute atomic E-state index is 1.00. The lowest BCUT2D eigenvalue weighted by atomic mass is 10.5. The van der Waals surface area contributed by atoms with E-state index in [1.807, 2.05) is 0 Å². The van der Waals surface area contributed by atoms with E-state index in [-0.39, 0.29) is 0 Å². The molecule has 0 unspecified atom stereocenters. The lowest BCUT2D eigenvalue weighted by Gasteiger charge is -2.02. The Bertz CT molecular complexity index is 78.6. The molecule has 0 aromatic carbocycles. The highest BCUT2D eigenvalue weighted by atomic mass is 16.4. The van der Waals surface area contributed by atoms with Gasteiger partial charge in [0, 0.05) is 0 Å². The van der Waals surface area contributed by atoms with Crippen molar-refractivity contribution in [2.45, 2.75) is 18.8 Å². The third kappa shape index (κ3) is 0.960. The van der Waals surface area contributed by atoms with E-state index in [4.69, 9.17) is 15.3 Å². The van der Waals surface area contributed by atoms with Crippen LogP contribution in [0.15, 0.2) is 0 Å². The van der Waals surface area contributed by atoms with Gasteiger partial charge in [0.15, 0.2) is 6.35 Å². The molecule has 0 amide bonds. The van der Waals surface area contributed by atoms with Crippen molar-refractivity contribution in [1.82, 2.24) is 10.6 Å². The molecule has 5 heteroatoms. The highest BCUT2D eigenvalue weighted by Gasteiger charge is 2.27. The molecule has 5 nitrogen and oxygen atoms in total. The van der Waals surface area contributed by atoms with Crippen LogP contribution < -0.4 is 10.6 Å². The van der Waals surface area contributed by atoms with Gasteiger partial charge >= 0.3 is 0 Å². The maximum absolute atomic E-state index is 8.58. The van der Waals surface area contributed by atoms with Gasteiger partial charge in [-0.25, -0.2) is 0 Å². The molecule has 0 spiro atoms. The van der Waals surface area contributed by atoms with Gasteiger partial charge in [-0.2, -0.15) is 0 Å². The van der Waals surface area contributed by atoms with E-state index < -0.39 is 18.8 Å². The molecule has 8 heavy (non-hydrogen) atoms. The van der Waals surface area contributed by atoms with E-state index in [0.29, 0.717) is 0 Å². The molecule has 0 saturated carbocycles. The third-order valence-corrected chi connectivity index (χ3v) is 0.956. The first-order valence-electron chi connectivity index (χ1n) is 2.26. The first-order valence-corrected chi connectivity index (χ1v) is 2.26. The minimum Gasteiger partial charge on any atom is -0.374 e. The van der Waals surface area contributed by atoms with Crippen molar-refractivity contribution in [3.8, 4) is 0 Å². The highest BCUT2D eigenvalue weighted by molar-refractivity contribution is 4.72. The molecule has 1 fully saturated rings. The number of hydrogen-bond acceptors (Lipinski definition) is 5. The number of nitrogens with one attached hydrogen (secondary N) is 2. The van der Waals surface area contributed by atoms with E-state index in [1.165, 1.54) is 0 Å². The normalized spacial score (nSPS) is 40.9. The Hall–Kier alpha value is -0.200. The van der Waals surface area contributed by atoms with Gasteiger partial charge in [0.25, 0.3) is 0 Å². The van der Waals surface area contributed by atoms with Crippen LogP contribution in [0.1, 0.15) is 0 Å². The first kappa shape index (κ1) is 5.93. The van der Waals surface area contributed by atoms with Crippen molar-refractivity contribution in [3.05, 3.63) is 0 Å². The Morgan fingerprint density at radius 3 is 1.38 bits per heavy atom. The van der Waals surface area contributed by atoms with Crippen LogP contribution in [0.4, 0.5) is 0 Å². The van der Waals surface area contributed by atoms with Crippen LogP contribution in [-0.4, -0.2) is 34.1 Å². The second kappa shape index (κ2) is 1.96. The molecule has 2 atom stereocenters. The summed E-state index contributed by atoms with van der Waals surface area (Å²) in [7, 11) is 0. The summed E-state index contributed by atoms with van der Waals surface area (Å²) in [6, 6.07) is 0. The second-order valence-corrected chi connectivity index (χ2v) is 1.63. The van der Waals surface area contributed by atoms with E-state index >= 15 is 0 Å². The van der Waals surface area contributed by atoms with Crippen molar-refractivity contribution < 1.29 is 15.3 Å². The summed E-state index contributed by atoms with van der Waals surface area (Å²) in [5, 5.41) is 30.1. The maximum atomic E-state index is 8.58. The van der Waals surface area contributed by atoms with Crippen molar-refractivity contribution >= 4 is 0 Å². The molecule has 0 aromatic heterocycles. The van der Waals surface area contributed by atoms with Gasteiger partial charge in [-0.15, -0.1) is 0 Å². The molecule has 0 aromatic rings. The molecule has 5 N–H and O–H groups in total. The van der Waals surface area contributed by atoms with Crippen LogP contribution in [0.25, 0.3) is 0 Å². The zero-order valence-electron chi connectivity index (χ0n) is 4.07. The van der Waals surface area contributed by atoms with Gasteiger partial charge in [-0.3, -0.25) is 10.6 Å². The maximum Gasteiger partial charge on any atom is 0.164 e. The minimum atomic E-state index is -1.06. The standard InChI is InChI=1S/C3H8N2O3/c6-1-2(7)5-3(8)4-1/h1-8H/t1-,2-/m1/s1. The summed E-state index contributed by atoms with van der Waals surface area (Å²) in [5.74, 6) is 0. The number of aliphatic hydroxyl groups excluding tert-OH is 3. The lowest BCUT2D eigenvalue weighted by Crippen LogP contribution is -2.32. The topological polar surface area (TPSA) is 84.8 Å². The van der Waals surface area contributed by atoms with E-state index in [9.17, 15) is 0 Å². The first-order chi connectivity index (χ1) is 3.70. The van der Waals surface area contributed by atoms with E-state index in [1.54, 1.807) is 0 Å². The molecule has 1 heterocycles. The van der Waals surface area contributed by atoms with Gasteiger partial charge in [-0.05, 0) is 0 Å². The summed E-state index contributed by atoms with van der Waals surface area (Å²) in [5.41, 5.74) is 0. The third-order valence-electron chi connectivity index (χ3n) is 0.956. The summed E-state index contributed by atoms with van der Waals surface area (Å²) in [6.07, 6.45) is -3.13. The average molecular weight is 120 g/mol. The van der Waals surface area contributed by atoms with Crippen molar-refractivity contribution in [1.29, 1.82) is 0 Å².